The van der Waals surface area contributed by atoms with E-state index >= 15 is 0 Å². The molecule has 0 aliphatic rings. The first-order valence-electron chi connectivity index (χ1n) is 6.46. The molecule has 0 spiro atoms. The molecule has 7 heteroatoms. The average Bonchev–Trinajstić information content (AvgIpc) is 2.46. The standard InChI is InChI=1S/C15H14BrNO4S/c16-12-4-8-14(9-5-12)22(20,21)17-13-6-1-11(2-7-13)3-10-15(18)19/h1-2,4-9,17H,3,10H2,(H,18,19). The van der Waals surface area contributed by atoms with Gasteiger partial charge in [-0.25, -0.2) is 8.42 Å². The number of hydrogen-bond acceptors (Lipinski definition) is 3. The van der Waals surface area contributed by atoms with Crippen molar-refractivity contribution in [1.82, 2.24) is 0 Å². The largest absolute Gasteiger partial charge is 0.481 e. The van der Waals surface area contributed by atoms with E-state index in [0.29, 0.717) is 12.1 Å². The zero-order chi connectivity index (χ0) is 16.2. The summed E-state index contributed by atoms with van der Waals surface area (Å²) in [6, 6.07) is 13.0. The number of carbonyl (C=O) groups is 1. The zero-order valence-corrected chi connectivity index (χ0v) is 13.9. The highest BCUT2D eigenvalue weighted by molar-refractivity contribution is 9.10. The highest BCUT2D eigenvalue weighted by Gasteiger charge is 2.13. The molecule has 0 aliphatic heterocycles. The lowest BCUT2D eigenvalue weighted by Crippen LogP contribution is -2.12. The molecule has 0 fully saturated rings. The van der Waals surface area contributed by atoms with Crippen molar-refractivity contribution in [3.63, 3.8) is 0 Å². The smallest absolute Gasteiger partial charge is 0.303 e. The topological polar surface area (TPSA) is 83.5 Å². The lowest BCUT2D eigenvalue weighted by Gasteiger charge is -2.09. The number of nitrogens with one attached hydrogen (secondary N) is 1. The minimum absolute atomic E-state index is 0.0456. The Bertz CT molecular complexity index is 755. The molecule has 2 aromatic carbocycles. The Kier molecular flexibility index (Phi) is 5.20. The zero-order valence-electron chi connectivity index (χ0n) is 11.5. The molecule has 2 rings (SSSR count). The molecule has 0 aromatic heterocycles. The van der Waals surface area contributed by atoms with Gasteiger partial charge in [0.15, 0.2) is 0 Å². The third-order valence-corrected chi connectivity index (χ3v) is 4.88. The first-order valence-corrected chi connectivity index (χ1v) is 8.73. The van der Waals surface area contributed by atoms with E-state index in [4.69, 9.17) is 5.11 Å². The van der Waals surface area contributed by atoms with Crippen molar-refractivity contribution < 1.29 is 18.3 Å². The van der Waals surface area contributed by atoms with Gasteiger partial charge in [-0.1, -0.05) is 28.1 Å². The predicted octanol–water partition coefficient (Wildman–Crippen LogP) is 3.27. The second-order valence-corrected chi connectivity index (χ2v) is 7.25. The van der Waals surface area contributed by atoms with Crippen LogP contribution in [0.4, 0.5) is 5.69 Å². The molecule has 116 valence electrons. The van der Waals surface area contributed by atoms with Crippen LogP contribution in [0.2, 0.25) is 0 Å². The summed E-state index contributed by atoms with van der Waals surface area (Å²) in [7, 11) is -3.63. The summed E-state index contributed by atoms with van der Waals surface area (Å²) in [5.74, 6) is -0.861. The van der Waals surface area contributed by atoms with Crippen LogP contribution in [0.5, 0.6) is 0 Å². The van der Waals surface area contributed by atoms with Crippen molar-refractivity contribution in [2.45, 2.75) is 17.7 Å². The van der Waals surface area contributed by atoms with E-state index in [1.165, 1.54) is 12.1 Å². The molecule has 5 nitrogen and oxygen atoms in total. The number of aryl methyl sites for hydroxylation is 1. The Balaban J connectivity index is 2.09. The SMILES string of the molecule is O=C(O)CCc1ccc(NS(=O)(=O)c2ccc(Br)cc2)cc1. The molecule has 0 amide bonds. The van der Waals surface area contributed by atoms with Gasteiger partial charge in [0.1, 0.15) is 0 Å². The number of sulfonamides is 1. The van der Waals surface area contributed by atoms with Gasteiger partial charge < -0.3 is 5.11 Å². The lowest BCUT2D eigenvalue weighted by molar-refractivity contribution is -0.136. The number of anilines is 1. The molecule has 0 atom stereocenters. The average molecular weight is 384 g/mol. The van der Waals surface area contributed by atoms with Crippen LogP contribution in [-0.2, 0) is 21.2 Å². The summed E-state index contributed by atoms with van der Waals surface area (Å²) >= 11 is 3.25. The number of carboxylic acids is 1. The third-order valence-electron chi connectivity index (χ3n) is 2.96. The van der Waals surface area contributed by atoms with Crippen LogP contribution in [-0.4, -0.2) is 19.5 Å². The molecule has 0 radical (unpaired) electrons. The number of carboxylic acid groups (broad SMARTS) is 1. The molecule has 22 heavy (non-hydrogen) atoms. The van der Waals surface area contributed by atoms with Crippen LogP contribution in [0.15, 0.2) is 57.9 Å². The summed E-state index contributed by atoms with van der Waals surface area (Å²) in [6.07, 6.45) is 0.457. The minimum atomic E-state index is -3.63. The van der Waals surface area contributed by atoms with Crippen LogP contribution < -0.4 is 4.72 Å². The van der Waals surface area contributed by atoms with Crippen molar-refractivity contribution in [1.29, 1.82) is 0 Å². The fourth-order valence-corrected chi connectivity index (χ4v) is 3.14. The normalized spacial score (nSPS) is 11.1. The second kappa shape index (κ2) is 6.93. The van der Waals surface area contributed by atoms with Gasteiger partial charge in [-0.3, -0.25) is 9.52 Å². The van der Waals surface area contributed by atoms with Crippen molar-refractivity contribution in [3.05, 3.63) is 58.6 Å². The maximum absolute atomic E-state index is 12.2. The molecule has 2 N–H and O–H groups in total. The highest BCUT2D eigenvalue weighted by Crippen LogP contribution is 2.19. The van der Waals surface area contributed by atoms with E-state index < -0.39 is 16.0 Å². The molecule has 0 saturated heterocycles. The second-order valence-electron chi connectivity index (χ2n) is 4.65. The fourth-order valence-electron chi connectivity index (χ4n) is 1.82. The van der Waals surface area contributed by atoms with Crippen LogP contribution in [0.3, 0.4) is 0 Å². The molecular weight excluding hydrogens is 370 g/mol. The van der Waals surface area contributed by atoms with Crippen molar-refractivity contribution in [2.75, 3.05) is 4.72 Å². The summed E-state index contributed by atoms with van der Waals surface area (Å²) in [6.45, 7) is 0. The minimum Gasteiger partial charge on any atom is -0.481 e. The molecule has 0 heterocycles. The van der Waals surface area contributed by atoms with E-state index in [1.54, 1.807) is 36.4 Å². The van der Waals surface area contributed by atoms with Gasteiger partial charge in [0.25, 0.3) is 10.0 Å². The molecule has 0 unspecified atom stereocenters. The maximum Gasteiger partial charge on any atom is 0.303 e. The first kappa shape index (κ1) is 16.5. The summed E-state index contributed by atoms with van der Waals surface area (Å²) < 4.78 is 27.7. The Hall–Kier alpha value is -1.86. The summed E-state index contributed by atoms with van der Waals surface area (Å²) in [4.78, 5) is 10.7. The van der Waals surface area contributed by atoms with Crippen LogP contribution >= 0.6 is 15.9 Å². The Morgan fingerprint density at radius 2 is 1.64 bits per heavy atom. The number of benzene rings is 2. The van der Waals surface area contributed by atoms with Gasteiger partial charge in [-0.15, -0.1) is 0 Å². The van der Waals surface area contributed by atoms with E-state index in [1.807, 2.05) is 0 Å². The molecular formula is C15H14BrNO4S. The lowest BCUT2D eigenvalue weighted by atomic mass is 10.1. The molecule has 0 bridgehead atoms. The van der Waals surface area contributed by atoms with Crippen molar-refractivity contribution in [2.24, 2.45) is 0 Å². The molecule has 0 aliphatic carbocycles. The monoisotopic (exact) mass is 383 g/mol. The van der Waals surface area contributed by atoms with Gasteiger partial charge in [-0.05, 0) is 48.4 Å². The van der Waals surface area contributed by atoms with E-state index in [-0.39, 0.29) is 11.3 Å². The van der Waals surface area contributed by atoms with Crippen LogP contribution in [0.25, 0.3) is 0 Å². The van der Waals surface area contributed by atoms with E-state index in [2.05, 4.69) is 20.7 Å². The highest BCUT2D eigenvalue weighted by atomic mass is 79.9. The Morgan fingerprint density at radius 3 is 2.18 bits per heavy atom. The van der Waals surface area contributed by atoms with Crippen LogP contribution in [0, 0.1) is 0 Å². The van der Waals surface area contributed by atoms with Crippen molar-refractivity contribution >= 4 is 37.6 Å². The van der Waals surface area contributed by atoms with Crippen molar-refractivity contribution in [3.8, 4) is 0 Å². The molecule has 0 saturated carbocycles. The van der Waals surface area contributed by atoms with Gasteiger partial charge in [0.05, 0.1) is 4.90 Å². The van der Waals surface area contributed by atoms with E-state index in [0.717, 1.165) is 10.0 Å². The fraction of sp³-hybridized carbons (Fsp3) is 0.133. The number of hydrogen-bond donors (Lipinski definition) is 2. The van der Waals surface area contributed by atoms with Gasteiger partial charge in [-0.2, -0.15) is 0 Å². The third kappa shape index (κ3) is 4.57. The summed E-state index contributed by atoms with van der Waals surface area (Å²) in [5.41, 5.74) is 1.27. The Morgan fingerprint density at radius 1 is 1.05 bits per heavy atom. The maximum atomic E-state index is 12.2. The van der Waals surface area contributed by atoms with E-state index in [9.17, 15) is 13.2 Å². The Labute approximate surface area is 137 Å². The quantitative estimate of drug-likeness (QED) is 0.801. The van der Waals surface area contributed by atoms with Gasteiger partial charge in [0, 0.05) is 16.6 Å². The number of aliphatic carboxylic acids is 1. The number of halogens is 1. The van der Waals surface area contributed by atoms with Gasteiger partial charge >= 0.3 is 5.97 Å². The number of rotatable bonds is 6. The van der Waals surface area contributed by atoms with Gasteiger partial charge in [0.2, 0.25) is 0 Å². The first-order chi connectivity index (χ1) is 10.4. The predicted molar refractivity (Wildman–Crippen MR) is 87.3 cm³/mol. The summed E-state index contributed by atoms with van der Waals surface area (Å²) in [5, 5.41) is 8.63. The van der Waals surface area contributed by atoms with Crippen LogP contribution in [0.1, 0.15) is 12.0 Å². The molecule has 2 aromatic rings.